The van der Waals surface area contributed by atoms with Gasteiger partial charge in [-0.3, -0.25) is 14.9 Å². The van der Waals surface area contributed by atoms with Crippen LogP contribution in [0.4, 0.5) is 5.69 Å². The molecule has 0 saturated carbocycles. The predicted octanol–water partition coefficient (Wildman–Crippen LogP) is 5.27. The molecule has 0 radical (unpaired) electrons. The molecule has 0 saturated heterocycles. The van der Waals surface area contributed by atoms with E-state index in [0.29, 0.717) is 10.4 Å². The summed E-state index contributed by atoms with van der Waals surface area (Å²) >= 11 is 4.91. The number of nitro benzene ring substituents is 1. The van der Waals surface area contributed by atoms with Crippen molar-refractivity contribution in [3.8, 4) is 0 Å². The lowest BCUT2D eigenvalue weighted by Crippen LogP contribution is -1.92. The summed E-state index contributed by atoms with van der Waals surface area (Å²) < 4.78 is 0.946. The molecule has 1 aromatic heterocycles. The molecule has 0 spiro atoms. The average molecular weight is 380 g/mol. The Hall–Kier alpha value is -1.79. The van der Waals surface area contributed by atoms with E-state index in [4.69, 9.17) is 0 Å². The number of aryl methyl sites for hydroxylation is 1. The summed E-state index contributed by atoms with van der Waals surface area (Å²) in [5, 5.41) is 10.9. The van der Waals surface area contributed by atoms with Crippen LogP contribution in [0.15, 0.2) is 40.9 Å². The van der Waals surface area contributed by atoms with Crippen molar-refractivity contribution >= 4 is 44.8 Å². The molecule has 0 atom stereocenters. The Labute approximate surface area is 140 Å². The Bertz CT molecular complexity index is 737. The lowest BCUT2D eigenvalue weighted by Gasteiger charge is -1.96. The number of carbonyl (C=O) groups is 1. The molecule has 0 aliphatic carbocycles. The molecule has 1 heterocycles. The summed E-state index contributed by atoms with van der Waals surface area (Å²) in [6, 6.07) is 8.16. The van der Waals surface area contributed by atoms with Gasteiger partial charge < -0.3 is 0 Å². The number of allylic oxidation sites excluding steroid dienone is 1. The first-order chi connectivity index (χ1) is 10.5. The van der Waals surface area contributed by atoms with Crippen LogP contribution >= 0.6 is 27.3 Å². The number of carbonyl (C=O) groups excluding carboxylic acids is 1. The second kappa shape index (κ2) is 7.47. The SMILES string of the molecule is CCCc1sc(C(=O)/C=C/c2ccccc2[N+](=O)[O-])cc1Br. The Kier molecular flexibility index (Phi) is 5.63. The Balaban J connectivity index is 2.22. The maximum Gasteiger partial charge on any atom is 0.276 e. The zero-order chi connectivity index (χ0) is 16.1. The largest absolute Gasteiger partial charge is 0.288 e. The van der Waals surface area contributed by atoms with Crippen molar-refractivity contribution in [3.05, 3.63) is 66.3 Å². The third kappa shape index (κ3) is 3.90. The molecule has 0 bridgehead atoms. The summed E-state index contributed by atoms with van der Waals surface area (Å²) in [5.41, 5.74) is 0.413. The summed E-state index contributed by atoms with van der Waals surface area (Å²) in [6.07, 6.45) is 4.81. The third-order valence-electron chi connectivity index (χ3n) is 3.02. The number of hydrogen-bond acceptors (Lipinski definition) is 4. The van der Waals surface area contributed by atoms with Crippen molar-refractivity contribution in [2.24, 2.45) is 0 Å². The summed E-state index contributed by atoms with van der Waals surface area (Å²) in [4.78, 5) is 24.5. The summed E-state index contributed by atoms with van der Waals surface area (Å²) in [5.74, 6) is -0.147. The highest BCUT2D eigenvalue weighted by molar-refractivity contribution is 9.10. The van der Waals surface area contributed by atoms with Gasteiger partial charge in [-0.2, -0.15) is 0 Å². The van der Waals surface area contributed by atoms with E-state index in [1.807, 2.05) is 6.07 Å². The minimum absolute atomic E-state index is 0.00872. The minimum atomic E-state index is -0.453. The number of thiophene rings is 1. The van der Waals surface area contributed by atoms with Crippen molar-refractivity contribution in [1.82, 2.24) is 0 Å². The van der Waals surface area contributed by atoms with Crippen molar-refractivity contribution in [2.45, 2.75) is 19.8 Å². The Morgan fingerprint density at radius 3 is 2.82 bits per heavy atom. The summed E-state index contributed by atoms with van der Waals surface area (Å²) in [7, 11) is 0. The summed E-state index contributed by atoms with van der Waals surface area (Å²) in [6.45, 7) is 2.09. The molecule has 1 aromatic carbocycles. The number of para-hydroxylation sites is 1. The number of hydrogen-bond donors (Lipinski definition) is 0. The van der Waals surface area contributed by atoms with Crippen LogP contribution in [0.25, 0.3) is 6.08 Å². The van der Waals surface area contributed by atoms with Crippen LogP contribution < -0.4 is 0 Å². The fourth-order valence-corrected chi connectivity index (χ4v) is 3.86. The van der Waals surface area contributed by atoms with Gasteiger partial charge in [-0.15, -0.1) is 11.3 Å². The highest BCUT2D eigenvalue weighted by atomic mass is 79.9. The second-order valence-corrected chi connectivity index (χ2v) is 6.64. The molecule has 0 amide bonds. The molecule has 22 heavy (non-hydrogen) atoms. The Morgan fingerprint density at radius 1 is 1.41 bits per heavy atom. The van der Waals surface area contributed by atoms with Crippen LogP contribution in [0.1, 0.15) is 33.5 Å². The van der Waals surface area contributed by atoms with Gasteiger partial charge >= 0.3 is 0 Å². The smallest absolute Gasteiger partial charge is 0.276 e. The van der Waals surface area contributed by atoms with Gasteiger partial charge in [0.05, 0.1) is 15.4 Å². The van der Waals surface area contributed by atoms with Gasteiger partial charge in [0.15, 0.2) is 5.78 Å². The quantitative estimate of drug-likeness (QED) is 0.297. The first-order valence-electron chi connectivity index (χ1n) is 6.77. The van der Waals surface area contributed by atoms with Crippen LogP contribution in [0.2, 0.25) is 0 Å². The number of ketones is 1. The minimum Gasteiger partial charge on any atom is -0.288 e. The molecule has 0 aliphatic heterocycles. The van der Waals surface area contributed by atoms with Gasteiger partial charge in [0, 0.05) is 15.4 Å². The molecule has 6 heteroatoms. The van der Waals surface area contributed by atoms with Crippen LogP contribution in [-0.4, -0.2) is 10.7 Å². The van der Waals surface area contributed by atoms with Crippen molar-refractivity contribution in [1.29, 1.82) is 0 Å². The standard InChI is InChI=1S/C16H14BrNO3S/c1-2-5-15-12(17)10-16(22-15)14(19)9-8-11-6-3-4-7-13(11)18(20)21/h3-4,6-10H,2,5H2,1H3/b9-8+. The van der Waals surface area contributed by atoms with Gasteiger partial charge in [-0.1, -0.05) is 25.5 Å². The first-order valence-corrected chi connectivity index (χ1v) is 8.38. The zero-order valence-corrected chi connectivity index (χ0v) is 14.3. The number of benzene rings is 1. The molecule has 0 N–H and O–H groups in total. The van der Waals surface area contributed by atoms with Crippen LogP contribution in [0, 0.1) is 10.1 Å². The number of nitro groups is 1. The number of nitrogens with zero attached hydrogens (tertiary/aromatic N) is 1. The zero-order valence-electron chi connectivity index (χ0n) is 11.9. The van der Waals surface area contributed by atoms with E-state index in [-0.39, 0.29) is 11.5 Å². The Morgan fingerprint density at radius 2 is 2.14 bits per heavy atom. The van der Waals surface area contributed by atoms with E-state index in [0.717, 1.165) is 22.2 Å². The van der Waals surface area contributed by atoms with E-state index < -0.39 is 4.92 Å². The van der Waals surface area contributed by atoms with Crippen molar-refractivity contribution in [2.75, 3.05) is 0 Å². The molecule has 0 unspecified atom stereocenters. The predicted molar refractivity (Wildman–Crippen MR) is 92.5 cm³/mol. The topological polar surface area (TPSA) is 60.2 Å². The second-order valence-electron chi connectivity index (χ2n) is 4.65. The first kappa shape index (κ1) is 16.6. The average Bonchev–Trinajstić information content (AvgIpc) is 2.87. The number of halogens is 1. The maximum absolute atomic E-state index is 12.2. The van der Waals surface area contributed by atoms with E-state index in [1.54, 1.807) is 18.2 Å². The van der Waals surface area contributed by atoms with Crippen molar-refractivity contribution < 1.29 is 9.72 Å². The highest BCUT2D eigenvalue weighted by Crippen LogP contribution is 2.29. The fraction of sp³-hybridized carbons (Fsp3) is 0.188. The van der Waals surface area contributed by atoms with Gasteiger partial charge in [-0.05, 0) is 46.6 Å². The van der Waals surface area contributed by atoms with Crippen LogP contribution in [-0.2, 0) is 6.42 Å². The molecule has 2 aromatic rings. The van der Waals surface area contributed by atoms with Gasteiger partial charge in [0.25, 0.3) is 5.69 Å². The third-order valence-corrected chi connectivity index (χ3v) is 5.20. The van der Waals surface area contributed by atoms with Gasteiger partial charge in [-0.25, -0.2) is 0 Å². The highest BCUT2D eigenvalue weighted by Gasteiger charge is 2.13. The van der Waals surface area contributed by atoms with Crippen molar-refractivity contribution in [3.63, 3.8) is 0 Å². The van der Waals surface area contributed by atoms with E-state index >= 15 is 0 Å². The normalized spacial score (nSPS) is 11.0. The maximum atomic E-state index is 12.2. The van der Waals surface area contributed by atoms with Gasteiger partial charge in [0.1, 0.15) is 0 Å². The van der Waals surface area contributed by atoms with Crippen LogP contribution in [0.3, 0.4) is 0 Å². The molecular weight excluding hydrogens is 366 g/mol. The molecule has 0 aliphatic rings. The molecule has 4 nitrogen and oxygen atoms in total. The lowest BCUT2D eigenvalue weighted by atomic mass is 10.1. The van der Waals surface area contributed by atoms with E-state index in [2.05, 4.69) is 22.9 Å². The van der Waals surface area contributed by atoms with E-state index in [9.17, 15) is 14.9 Å². The van der Waals surface area contributed by atoms with Crippen LogP contribution in [0.5, 0.6) is 0 Å². The molecule has 114 valence electrons. The molecular formula is C16H14BrNO3S. The lowest BCUT2D eigenvalue weighted by molar-refractivity contribution is -0.385. The monoisotopic (exact) mass is 379 g/mol. The molecule has 0 fully saturated rings. The molecule has 2 rings (SSSR count). The van der Waals surface area contributed by atoms with E-state index in [1.165, 1.54) is 29.6 Å². The number of rotatable bonds is 6. The van der Waals surface area contributed by atoms with Gasteiger partial charge in [0.2, 0.25) is 0 Å². The fourth-order valence-electron chi connectivity index (χ4n) is 1.97.